The lowest BCUT2D eigenvalue weighted by Crippen LogP contribution is -2.39. The van der Waals surface area contributed by atoms with Gasteiger partial charge in [-0.2, -0.15) is 0 Å². The molecule has 4 amide bonds. The molecule has 0 aromatic heterocycles. The molecule has 0 saturated carbocycles. The van der Waals surface area contributed by atoms with E-state index in [1.807, 2.05) is 24.3 Å². The fourth-order valence-electron chi connectivity index (χ4n) is 6.09. The van der Waals surface area contributed by atoms with Gasteiger partial charge < -0.3 is 30.7 Å². The predicted molar refractivity (Wildman–Crippen MR) is 175 cm³/mol. The summed E-state index contributed by atoms with van der Waals surface area (Å²) in [7, 11) is -0.120. The lowest BCUT2D eigenvalue weighted by atomic mass is 10.0. The lowest BCUT2D eigenvalue weighted by Gasteiger charge is -2.16. The van der Waals surface area contributed by atoms with Crippen LogP contribution in [0.1, 0.15) is 63.9 Å². The van der Waals surface area contributed by atoms with Gasteiger partial charge in [-0.3, -0.25) is 9.59 Å². The molecule has 2 aliphatic heterocycles. The first-order valence-corrected chi connectivity index (χ1v) is 17.5. The van der Waals surface area contributed by atoms with Gasteiger partial charge in [0.15, 0.2) is 9.84 Å². The molecule has 2 heterocycles. The second kappa shape index (κ2) is 15.7. The Kier molecular flexibility index (Phi) is 12.0. The Hall–Kier alpha value is -3.51. The van der Waals surface area contributed by atoms with Crippen molar-refractivity contribution in [3.63, 3.8) is 0 Å². The van der Waals surface area contributed by atoms with Crippen LogP contribution in [0.5, 0.6) is 11.5 Å². The third kappa shape index (κ3) is 8.40. The first-order valence-electron chi connectivity index (χ1n) is 15.4. The highest BCUT2D eigenvalue weighted by Gasteiger charge is 2.51. The summed E-state index contributed by atoms with van der Waals surface area (Å²) in [5, 5.41) is 12.7. The van der Waals surface area contributed by atoms with Crippen LogP contribution in [0.2, 0.25) is 5.02 Å². The van der Waals surface area contributed by atoms with Gasteiger partial charge in [0.05, 0.1) is 42.3 Å². The summed E-state index contributed by atoms with van der Waals surface area (Å²) in [6.45, 7) is 2.83. The maximum absolute atomic E-state index is 12.8. The average Bonchev–Trinajstić information content (AvgIpc) is 3.47. The molecular formula is C32H43ClN4O7S. The van der Waals surface area contributed by atoms with E-state index in [9.17, 15) is 22.8 Å². The average molecular weight is 663 g/mol. The van der Waals surface area contributed by atoms with Crippen molar-refractivity contribution in [1.29, 1.82) is 0 Å². The number of urea groups is 1. The molecule has 0 spiro atoms. The predicted octanol–water partition coefficient (Wildman–Crippen LogP) is 4.11. The van der Waals surface area contributed by atoms with Crippen LogP contribution in [0, 0.1) is 0 Å². The molecule has 0 bridgehead atoms. The minimum absolute atomic E-state index is 0.0301. The minimum Gasteiger partial charge on any atom is -0.495 e. The number of hydrogen-bond acceptors (Lipinski definition) is 7. The topological polar surface area (TPSA) is 152 Å². The summed E-state index contributed by atoms with van der Waals surface area (Å²) in [6.07, 6.45) is 7.15. The molecule has 2 saturated heterocycles. The molecule has 2 unspecified atom stereocenters. The number of methoxy groups -OCH3 is 2. The third-order valence-electron chi connectivity index (χ3n) is 8.40. The Morgan fingerprint density at radius 2 is 1.60 bits per heavy atom. The maximum Gasteiger partial charge on any atom is 0.315 e. The number of ether oxygens (including phenoxy) is 2. The van der Waals surface area contributed by atoms with Gasteiger partial charge in [0, 0.05) is 41.4 Å². The fourth-order valence-corrected chi connectivity index (χ4v) is 8.68. The normalized spacial score (nSPS) is 20.3. The Labute approximate surface area is 269 Å². The number of unbranched alkanes of at least 4 members (excludes halogenated alkanes) is 4. The molecule has 246 valence electrons. The van der Waals surface area contributed by atoms with E-state index in [4.69, 9.17) is 21.1 Å². The molecule has 2 aromatic rings. The lowest BCUT2D eigenvalue weighted by molar-refractivity contribution is -0.121. The van der Waals surface area contributed by atoms with Crippen molar-refractivity contribution in [1.82, 2.24) is 21.3 Å². The highest BCUT2D eigenvalue weighted by Crippen LogP contribution is 2.44. The van der Waals surface area contributed by atoms with Gasteiger partial charge >= 0.3 is 6.03 Å². The monoisotopic (exact) mass is 662 g/mol. The molecule has 2 aromatic carbocycles. The number of carbonyl (C=O) groups excluding carboxylic acids is 3. The molecule has 11 nitrogen and oxygen atoms in total. The SMILES string of the molecule is COc1c(Cl)c(C=C(C)C(=O)NCCCCCCNC(=O)CCCCC2[C@H]3NC(=O)NC3CS2(=O)=O)c(OC)c2ccccc12. The number of benzene rings is 2. The van der Waals surface area contributed by atoms with E-state index in [1.165, 1.54) is 0 Å². The number of nitrogens with one attached hydrogen (secondary N) is 4. The van der Waals surface area contributed by atoms with Gasteiger partial charge in [-0.1, -0.05) is 55.1 Å². The van der Waals surface area contributed by atoms with Gasteiger partial charge in [0.1, 0.15) is 11.5 Å². The molecule has 4 rings (SSSR count). The summed E-state index contributed by atoms with van der Waals surface area (Å²) in [6, 6.07) is 6.58. The van der Waals surface area contributed by atoms with E-state index >= 15 is 0 Å². The van der Waals surface area contributed by atoms with Crippen molar-refractivity contribution in [2.45, 2.75) is 75.6 Å². The van der Waals surface area contributed by atoms with Gasteiger partial charge in [-0.15, -0.1) is 0 Å². The van der Waals surface area contributed by atoms with Crippen LogP contribution in [0.25, 0.3) is 16.8 Å². The summed E-state index contributed by atoms with van der Waals surface area (Å²) < 4.78 is 36.0. The highest BCUT2D eigenvalue weighted by atomic mass is 35.5. The van der Waals surface area contributed by atoms with Gasteiger partial charge in [-0.25, -0.2) is 13.2 Å². The largest absolute Gasteiger partial charge is 0.495 e. The Balaban J connectivity index is 1.10. The standard InChI is InChI=1S/C32H43ClN4O7S/c1-20(18-23-27(33)30(44-3)22-13-7-6-12-21(22)29(23)43-2)31(39)35-17-11-5-4-10-16-34-26(38)15-9-8-14-25-28-24(19-45(25,41)42)36-32(40)37-28/h6-7,12-13,18,24-25,28H,4-5,8-11,14-17,19H2,1-3H3,(H,34,38)(H,35,39)(H2,36,37,40)/t24?,25?,28-/m0/s1. The molecule has 0 radical (unpaired) electrons. The molecule has 0 aliphatic carbocycles. The van der Waals surface area contributed by atoms with Crippen LogP contribution in [0.15, 0.2) is 29.8 Å². The minimum atomic E-state index is -3.25. The van der Waals surface area contributed by atoms with Crippen LogP contribution >= 0.6 is 11.6 Å². The summed E-state index contributed by atoms with van der Waals surface area (Å²) >= 11 is 6.67. The number of amides is 4. The van der Waals surface area contributed by atoms with Crippen molar-refractivity contribution in [3.05, 3.63) is 40.4 Å². The summed E-state index contributed by atoms with van der Waals surface area (Å²) in [5.74, 6) is 0.831. The molecule has 4 N–H and O–H groups in total. The smallest absolute Gasteiger partial charge is 0.315 e. The zero-order valence-corrected chi connectivity index (χ0v) is 27.6. The number of sulfone groups is 1. The van der Waals surface area contributed by atoms with E-state index in [0.29, 0.717) is 66.4 Å². The quantitative estimate of drug-likeness (QED) is 0.120. The van der Waals surface area contributed by atoms with Crippen molar-refractivity contribution in [2.75, 3.05) is 33.1 Å². The highest BCUT2D eigenvalue weighted by molar-refractivity contribution is 7.92. The van der Waals surface area contributed by atoms with Gasteiger partial charge in [-0.05, 0) is 38.7 Å². The number of rotatable bonds is 16. The van der Waals surface area contributed by atoms with Crippen molar-refractivity contribution in [3.8, 4) is 11.5 Å². The molecule has 2 fully saturated rings. The van der Waals surface area contributed by atoms with Crippen LogP contribution in [0.3, 0.4) is 0 Å². The zero-order chi connectivity index (χ0) is 32.6. The second-order valence-electron chi connectivity index (χ2n) is 11.6. The molecule has 2 aliphatic rings. The van der Waals surface area contributed by atoms with Crippen molar-refractivity contribution < 1.29 is 32.3 Å². The summed E-state index contributed by atoms with van der Waals surface area (Å²) in [5.41, 5.74) is 1.08. The van der Waals surface area contributed by atoms with E-state index in [0.717, 1.165) is 36.5 Å². The van der Waals surface area contributed by atoms with Crippen LogP contribution in [-0.2, 0) is 19.4 Å². The zero-order valence-electron chi connectivity index (χ0n) is 26.0. The van der Waals surface area contributed by atoms with E-state index in [2.05, 4.69) is 21.3 Å². The number of carbonyl (C=O) groups is 3. The number of hydrogen-bond donors (Lipinski definition) is 4. The first kappa shape index (κ1) is 34.4. The fraction of sp³-hybridized carbons (Fsp3) is 0.531. The Morgan fingerprint density at radius 3 is 2.27 bits per heavy atom. The van der Waals surface area contributed by atoms with E-state index in [1.54, 1.807) is 27.2 Å². The molecule has 13 heteroatoms. The van der Waals surface area contributed by atoms with Gasteiger partial charge in [0.25, 0.3) is 0 Å². The van der Waals surface area contributed by atoms with Crippen molar-refractivity contribution in [2.24, 2.45) is 0 Å². The van der Waals surface area contributed by atoms with Crippen molar-refractivity contribution >= 4 is 56.1 Å². The third-order valence-corrected chi connectivity index (χ3v) is 11.0. The molecular weight excluding hydrogens is 620 g/mol. The molecule has 3 atom stereocenters. The van der Waals surface area contributed by atoms with E-state index < -0.39 is 15.1 Å². The number of fused-ring (bicyclic) bond motifs is 2. The van der Waals surface area contributed by atoms with Gasteiger partial charge in [0.2, 0.25) is 11.8 Å². The molecule has 45 heavy (non-hydrogen) atoms. The Morgan fingerprint density at radius 1 is 0.956 bits per heavy atom. The maximum atomic E-state index is 12.8. The second-order valence-corrected chi connectivity index (χ2v) is 14.2. The first-order chi connectivity index (χ1) is 21.6. The van der Waals surface area contributed by atoms with E-state index in [-0.39, 0.29) is 35.7 Å². The number of halogens is 1. The van der Waals surface area contributed by atoms with Crippen LogP contribution in [0.4, 0.5) is 4.79 Å². The van der Waals surface area contributed by atoms with Crippen LogP contribution in [-0.4, -0.2) is 76.7 Å². The Bertz CT molecular complexity index is 1550. The van der Waals surface area contributed by atoms with Crippen LogP contribution < -0.4 is 30.7 Å². The summed E-state index contributed by atoms with van der Waals surface area (Å²) in [4.78, 5) is 36.5.